The van der Waals surface area contributed by atoms with Gasteiger partial charge in [-0.3, -0.25) is 9.69 Å². The lowest BCUT2D eigenvalue weighted by molar-refractivity contribution is 0.178. The van der Waals surface area contributed by atoms with E-state index in [2.05, 4.69) is 62.0 Å². The van der Waals surface area contributed by atoms with Gasteiger partial charge in [-0.15, -0.1) is 16.4 Å². The van der Waals surface area contributed by atoms with Crippen LogP contribution in [0.15, 0.2) is 69.4 Å². The van der Waals surface area contributed by atoms with Gasteiger partial charge in [-0.05, 0) is 82.4 Å². The van der Waals surface area contributed by atoms with Gasteiger partial charge in [0.1, 0.15) is 11.8 Å². The summed E-state index contributed by atoms with van der Waals surface area (Å²) in [6.07, 6.45) is 7.03. The van der Waals surface area contributed by atoms with Crippen molar-refractivity contribution >= 4 is 22.2 Å². The lowest BCUT2D eigenvalue weighted by Crippen LogP contribution is -2.35. The zero-order valence-electron chi connectivity index (χ0n) is 20.8. The third kappa shape index (κ3) is 4.89. The van der Waals surface area contributed by atoms with Crippen molar-refractivity contribution in [3.8, 4) is 0 Å². The van der Waals surface area contributed by atoms with E-state index in [1.54, 1.807) is 17.6 Å². The van der Waals surface area contributed by atoms with Crippen molar-refractivity contribution in [2.75, 3.05) is 0 Å². The normalized spacial score (nSPS) is 15.2. The molecule has 37 heavy (non-hydrogen) atoms. The van der Waals surface area contributed by atoms with Crippen molar-refractivity contribution in [2.24, 2.45) is 0 Å². The largest absolute Gasteiger partial charge is 0.468 e. The first kappa shape index (κ1) is 23.8. The predicted octanol–water partition coefficient (Wildman–Crippen LogP) is 5.64. The van der Waals surface area contributed by atoms with E-state index in [9.17, 15) is 4.79 Å². The number of pyridine rings is 1. The Balaban J connectivity index is 1.53. The molecule has 0 bridgehead atoms. The number of nitrogens with one attached hydrogen (secondary N) is 1. The summed E-state index contributed by atoms with van der Waals surface area (Å²) in [5.74, 6) is 1.53. The van der Waals surface area contributed by atoms with Crippen molar-refractivity contribution in [3.05, 3.63) is 98.1 Å². The number of aromatic amines is 1. The van der Waals surface area contributed by atoms with Gasteiger partial charge in [-0.2, -0.15) is 0 Å². The molecular formula is C28H30N6O2S. The van der Waals surface area contributed by atoms with Crippen LogP contribution in [-0.2, 0) is 19.5 Å². The second-order valence-corrected chi connectivity index (χ2v) is 10.7. The lowest BCUT2D eigenvalue weighted by Gasteiger charge is -2.30. The molecule has 4 aromatic heterocycles. The second kappa shape index (κ2) is 10.4. The molecule has 0 spiro atoms. The van der Waals surface area contributed by atoms with E-state index in [0.29, 0.717) is 24.5 Å². The number of aryl methyl sites for hydroxylation is 1. The maximum atomic E-state index is 13.7. The Bertz CT molecular complexity index is 1480. The van der Waals surface area contributed by atoms with E-state index in [1.165, 1.54) is 10.4 Å². The number of H-pyrrole nitrogens is 1. The van der Waals surface area contributed by atoms with E-state index < -0.39 is 6.04 Å². The molecule has 0 amide bonds. The summed E-state index contributed by atoms with van der Waals surface area (Å²) in [4.78, 5) is 20.3. The highest BCUT2D eigenvalue weighted by atomic mass is 32.1. The first-order valence-electron chi connectivity index (χ1n) is 12.9. The fourth-order valence-corrected chi connectivity index (χ4v) is 6.16. The van der Waals surface area contributed by atoms with Crippen LogP contribution in [0.1, 0.15) is 72.3 Å². The molecule has 1 fully saturated rings. The lowest BCUT2D eigenvalue weighted by atomic mass is 10.0. The van der Waals surface area contributed by atoms with E-state index >= 15 is 0 Å². The summed E-state index contributed by atoms with van der Waals surface area (Å²) in [7, 11) is 0. The molecule has 1 aliphatic rings. The number of furan rings is 1. The molecule has 1 saturated carbocycles. The van der Waals surface area contributed by atoms with Crippen LogP contribution in [0.2, 0.25) is 0 Å². The van der Waals surface area contributed by atoms with Gasteiger partial charge < -0.3 is 9.40 Å². The Morgan fingerprint density at radius 3 is 2.81 bits per heavy atom. The summed E-state index contributed by atoms with van der Waals surface area (Å²) in [6.45, 7) is 3.28. The minimum absolute atomic E-state index is 0.127. The minimum atomic E-state index is -0.457. The fraction of sp³-hybridized carbons (Fsp3) is 0.357. The molecular weight excluding hydrogens is 484 g/mol. The van der Waals surface area contributed by atoms with Crippen LogP contribution in [0, 0.1) is 0 Å². The van der Waals surface area contributed by atoms with Crippen molar-refractivity contribution in [1.82, 2.24) is 30.1 Å². The molecule has 9 heteroatoms. The molecule has 6 rings (SSSR count). The van der Waals surface area contributed by atoms with E-state index in [4.69, 9.17) is 4.42 Å². The molecule has 1 aliphatic carbocycles. The fourth-order valence-electron chi connectivity index (χ4n) is 5.43. The van der Waals surface area contributed by atoms with Crippen LogP contribution in [0.5, 0.6) is 0 Å². The maximum absolute atomic E-state index is 13.7. The van der Waals surface area contributed by atoms with Crippen LogP contribution in [-0.4, -0.2) is 30.1 Å². The Hall–Kier alpha value is -3.56. The monoisotopic (exact) mass is 514 g/mol. The van der Waals surface area contributed by atoms with E-state index in [-0.39, 0.29) is 11.6 Å². The standard InChI is InChI=1S/C28H30N6O2S/c1-2-19-11-12-25-20(15-19)16-24(28(35)29-25)26(27-30-31-32-34(27)21-7-3-4-8-21)33(17-22-9-5-13-36-22)18-23-10-6-14-37-23/h5-6,9-16,21,26H,2-4,7-8,17-18H2,1H3,(H,29,35)/t26-/m1/s1. The van der Waals surface area contributed by atoms with Crippen LogP contribution in [0.25, 0.3) is 10.9 Å². The third-order valence-electron chi connectivity index (χ3n) is 7.32. The number of aromatic nitrogens is 5. The molecule has 190 valence electrons. The van der Waals surface area contributed by atoms with Gasteiger partial charge in [0.05, 0.1) is 18.8 Å². The maximum Gasteiger partial charge on any atom is 0.253 e. The highest BCUT2D eigenvalue weighted by Gasteiger charge is 2.34. The first-order chi connectivity index (χ1) is 18.2. The highest BCUT2D eigenvalue weighted by molar-refractivity contribution is 7.09. The Morgan fingerprint density at radius 1 is 1.16 bits per heavy atom. The predicted molar refractivity (Wildman–Crippen MR) is 143 cm³/mol. The van der Waals surface area contributed by atoms with Gasteiger partial charge in [-0.1, -0.05) is 31.9 Å². The average molecular weight is 515 g/mol. The summed E-state index contributed by atoms with van der Waals surface area (Å²) in [5.41, 5.74) is 2.57. The molecule has 8 nitrogen and oxygen atoms in total. The summed E-state index contributed by atoms with van der Waals surface area (Å²) >= 11 is 1.70. The van der Waals surface area contributed by atoms with Crippen LogP contribution < -0.4 is 5.56 Å². The van der Waals surface area contributed by atoms with Crippen LogP contribution in [0.3, 0.4) is 0 Å². The Morgan fingerprint density at radius 2 is 2.05 bits per heavy atom. The number of benzene rings is 1. The van der Waals surface area contributed by atoms with Crippen LogP contribution >= 0.6 is 11.3 Å². The zero-order valence-corrected chi connectivity index (χ0v) is 21.7. The smallest absolute Gasteiger partial charge is 0.253 e. The number of tetrazole rings is 1. The molecule has 4 heterocycles. The van der Waals surface area contributed by atoms with Crippen LogP contribution in [0.4, 0.5) is 0 Å². The molecule has 0 radical (unpaired) electrons. The number of hydrogen-bond donors (Lipinski definition) is 1. The summed E-state index contributed by atoms with van der Waals surface area (Å²) in [5, 5.41) is 16.2. The number of fused-ring (bicyclic) bond motifs is 1. The van der Waals surface area contributed by atoms with E-state index in [0.717, 1.165) is 48.8 Å². The highest BCUT2D eigenvalue weighted by Crippen LogP contribution is 2.35. The number of hydrogen-bond acceptors (Lipinski definition) is 7. The van der Waals surface area contributed by atoms with Gasteiger partial charge in [0.25, 0.3) is 5.56 Å². The average Bonchev–Trinajstić information content (AvgIpc) is 3.73. The Labute approximate surface area is 218 Å². The summed E-state index contributed by atoms with van der Waals surface area (Å²) in [6, 6.07) is 16.1. The van der Waals surface area contributed by atoms with Gasteiger partial charge in [0.15, 0.2) is 5.82 Å². The third-order valence-corrected chi connectivity index (χ3v) is 8.18. The molecule has 1 atom stereocenters. The minimum Gasteiger partial charge on any atom is -0.468 e. The SMILES string of the molecule is CCc1ccc2[nH]c(=O)c([C@H](c3nnnn3C3CCCC3)N(Cc3ccco3)Cc3cccs3)cc2c1. The van der Waals surface area contributed by atoms with Gasteiger partial charge >= 0.3 is 0 Å². The van der Waals surface area contributed by atoms with Gasteiger partial charge in [0.2, 0.25) is 0 Å². The number of nitrogens with zero attached hydrogens (tertiary/aromatic N) is 5. The number of thiophene rings is 1. The topological polar surface area (TPSA) is 92.8 Å². The molecule has 0 unspecified atom stereocenters. The van der Waals surface area contributed by atoms with Gasteiger partial charge in [0, 0.05) is 22.5 Å². The molecule has 0 aliphatic heterocycles. The van der Waals surface area contributed by atoms with Crippen molar-refractivity contribution in [1.29, 1.82) is 0 Å². The van der Waals surface area contributed by atoms with Crippen molar-refractivity contribution < 1.29 is 4.42 Å². The quantitative estimate of drug-likeness (QED) is 0.274. The molecule has 1 aromatic carbocycles. The second-order valence-electron chi connectivity index (χ2n) is 9.72. The first-order valence-corrected chi connectivity index (χ1v) is 13.8. The summed E-state index contributed by atoms with van der Waals surface area (Å²) < 4.78 is 7.73. The van der Waals surface area contributed by atoms with Gasteiger partial charge in [-0.25, -0.2) is 4.68 Å². The molecule has 1 N–H and O–H groups in total. The Kier molecular flexibility index (Phi) is 6.72. The van der Waals surface area contributed by atoms with E-state index in [1.807, 2.05) is 28.9 Å². The zero-order chi connectivity index (χ0) is 25.2. The van der Waals surface area contributed by atoms with Crippen molar-refractivity contribution in [2.45, 2.75) is 64.2 Å². The number of rotatable bonds is 9. The molecule has 0 saturated heterocycles. The molecule has 5 aromatic rings. The van der Waals surface area contributed by atoms with Crippen molar-refractivity contribution in [3.63, 3.8) is 0 Å².